The van der Waals surface area contributed by atoms with Gasteiger partial charge in [0.1, 0.15) is 0 Å². The summed E-state index contributed by atoms with van der Waals surface area (Å²) in [5, 5.41) is 29.1. The average molecular weight is 420 g/mol. The molecule has 4 aromatic rings. The number of aromatic nitrogens is 1. The largest absolute Gasteiger partial charge is 0.494 e. The number of aromatic hydroxyl groups is 2. The molecule has 0 fully saturated rings. The lowest BCUT2D eigenvalue weighted by atomic mass is 10.2. The molecule has 0 saturated carbocycles. The van der Waals surface area contributed by atoms with E-state index in [0.29, 0.717) is 21.5 Å². The molecular weight excluding hydrogens is 406 g/mol. The second kappa shape index (κ2) is 7.81. The first-order valence-corrected chi connectivity index (χ1v) is 9.21. The van der Waals surface area contributed by atoms with Gasteiger partial charge in [0.05, 0.1) is 5.69 Å². The molecule has 0 spiro atoms. The van der Waals surface area contributed by atoms with Crippen molar-refractivity contribution in [2.45, 2.75) is 0 Å². The van der Waals surface area contributed by atoms with Crippen LogP contribution in [0.5, 0.6) is 11.8 Å². The molecule has 0 aliphatic rings. The molecule has 1 heterocycles. The van der Waals surface area contributed by atoms with Crippen LogP contribution in [0.2, 0.25) is 5.02 Å². The van der Waals surface area contributed by atoms with Crippen molar-refractivity contribution in [1.82, 2.24) is 4.57 Å². The summed E-state index contributed by atoms with van der Waals surface area (Å²) in [5.41, 5.74) is 0.863. The minimum atomic E-state index is -0.706. The fourth-order valence-electron chi connectivity index (χ4n) is 3.04. The van der Waals surface area contributed by atoms with Gasteiger partial charge in [0.25, 0.3) is 11.8 Å². The van der Waals surface area contributed by atoms with E-state index in [0.717, 1.165) is 0 Å². The van der Waals surface area contributed by atoms with Crippen molar-refractivity contribution in [2.75, 3.05) is 0 Å². The molecule has 7 nitrogen and oxygen atoms in total. The minimum Gasteiger partial charge on any atom is -0.494 e. The Kier molecular flexibility index (Phi) is 5.04. The van der Waals surface area contributed by atoms with Crippen molar-refractivity contribution in [3.8, 4) is 17.4 Å². The van der Waals surface area contributed by atoms with Crippen molar-refractivity contribution in [3.05, 3.63) is 88.9 Å². The maximum atomic E-state index is 12.2. The number of azo groups is 1. The van der Waals surface area contributed by atoms with Crippen LogP contribution in [-0.4, -0.2) is 26.6 Å². The number of halogens is 1. The van der Waals surface area contributed by atoms with Gasteiger partial charge < -0.3 is 10.2 Å². The van der Waals surface area contributed by atoms with Gasteiger partial charge >= 0.3 is 0 Å². The summed E-state index contributed by atoms with van der Waals surface area (Å²) in [5.74, 6) is -1.62. The van der Waals surface area contributed by atoms with E-state index in [1.54, 1.807) is 48.5 Å². The highest BCUT2D eigenvalue weighted by Gasteiger charge is 2.17. The van der Waals surface area contributed by atoms with Gasteiger partial charge in [0, 0.05) is 26.9 Å². The summed E-state index contributed by atoms with van der Waals surface area (Å²) in [6, 6.07) is 19.1. The number of carbonyl (C=O) groups is 2. The van der Waals surface area contributed by atoms with Crippen LogP contribution >= 0.6 is 11.6 Å². The zero-order valence-corrected chi connectivity index (χ0v) is 16.1. The second-order valence-corrected chi connectivity index (χ2v) is 6.83. The van der Waals surface area contributed by atoms with Crippen molar-refractivity contribution >= 4 is 34.2 Å². The third-order valence-corrected chi connectivity index (χ3v) is 4.74. The van der Waals surface area contributed by atoms with Crippen molar-refractivity contribution in [3.63, 3.8) is 0 Å². The van der Waals surface area contributed by atoms with Crippen LogP contribution in [0.1, 0.15) is 20.7 Å². The highest BCUT2D eigenvalue weighted by Crippen LogP contribution is 2.38. The summed E-state index contributed by atoms with van der Waals surface area (Å²) in [7, 11) is 0. The zero-order chi connectivity index (χ0) is 21.3. The summed E-state index contributed by atoms with van der Waals surface area (Å²) in [6.07, 6.45) is 0. The summed E-state index contributed by atoms with van der Waals surface area (Å²) >= 11 is 5.83. The molecule has 0 unspecified atom stereocenters. The van der Waals surface area contributed by atoms with Crippen LogP contribution in [0.4, 0.5) is 0 Å². The number of benzene rings is 3. The monoisotopic (exact) mass is 419 g/mol. The lowest BCUT2D eigenvalue weighted by Crippen LogP contribution is -1.99. The van der Waals surface area contributed by atoms with Crippen molar-refractivity contribution in [2.24, 2.45) is 10.2 Å². The van der Waals surface area contributed by atoms with E-state index >= 15 is 0 Å². The van der Waals surface area contributed by atoms with Gasteiger partial charge in [-0.1, -0.05) is 29.8 Å². The lowest BCUT2D eigenvalue weighted by molar-refractivity contribution is 0.0947. The van der Waals surface area contributed by atoms with E-state index in [2.05, 4.69) is 10.2 Å². The number of fused-ring (bicyclic) bond motifs is 1. The fourth-order valence-corrected chi connectivity index (χ4v) is 3.23. The maximum Gasteiger partial charge on any atom is 0.295 e. The number of nitrogens with zero attached hydrogens (tertiary/aromatic N) is 3. The SMILES string of the molecule is O=C(N=NC(=O)c1cccc(Cl)c1)c1ccc(-n2c(O)c3ccccc3c2O)cc1. The van der Waals surface area contributed by atoms with Gasteiger partial charge in [-0.3, -0.25) is 14.2 Å². The van der Waals surface area contributed by atoms with Gasteiger partial charge in [-0.2, -0.15) is 0 Å². The number of hydrogen-bond acceptors (Lipinski definition) is 4. The molecule has 4 rings (SSSR count). The Bertz CT molecular complexity index is 1270. The predicted molar refractivity (Wildman–Crippen MR) is 112 cm³/mol. The van der Waals surface area contributed by atoms with Gasteiger partial charge in [0.2, 0.25) is 11.8 Å². The zero-order valence-electron chi connectivity index (χ0n) is 15.4. The maximum absolute atomic E-state index is 12.2. The molecular formula is C22H14ClN3O4. The number of carbonyl (C=O) groups excluding carboxylic acids is 2. The molecule has 0 radical (unpaired) electrons. The summed E-state index contributed by atoms with van der Waals surface area (Å²) < 4.78 is 1.27. The Morgan fingerprint density at radius 3 is 1.87 bits per heavy atom. The molecule has 2 amide bonds. The van der Waals surface area contributed by atoms with Crippen LogP contribution in [0.25, 0.3) is 16.5 Å². The number of hydrogen-bond donors (Lipinski definition) is 2. The minimum absolute atomic E-state index is 0.117. The van der Waals surface area contributed by atoms with E-state index in [-0.39, 0.29) is 22.9 Å². The van der Waals surface area contributed by atoms with Gasteiger partial charge in [-0.05, 0) is 54.6 Å². The first-order valence-electron chi connectivity index (χ1n) is 8.83. The molecule has 148 valence electrons. The van der Waals surface area contributed by atoms with Gasteiger partial charge in [-0.15, -0.1) is 10.2 Å². The molecule has 2 N–H and O–H groups in total. The van der Waals surface area contributed by atoms with Crippen LogP contribution in [0.3, 0.4) is 0 Å². The van der Waals surface area contributed by atoms with Crippen LogP contribution in [-0.2, 0) is 0 Å². The third kappa shape index (κ3) is 3.54. The Morgan fingerprint density at radius 2 is 1.30 bits per heavy atom. The van der Waals surface area contributed by atoms with E-state index in [1.807, 2.05) is 0 Å². The number of rotatable bonds is 3. The second-order valence-electron chi connectivity index (χ2n) is 6.40. The smallest absolute Gasteiger partial charge is 0.295 e. The van der Waals surface area contributed by atoms with Crippen molar-refractivity contribution < 1.29 is 19.8 Å². The first-order chi connectivity index (χ1) is 14.5. The molecule has 0 saturated heterocycles. The standard InChI is InChI=1S/C22H14ClN3O4/c23-15-5-3-4-14(12-15)20(28)25-24-19(27)13-8-10-16(11-9-13)26-21(29)17-6-1-2-7-18(17)22(26)30/h1-12,29-30H. The van der Waals surface area contributed by atoms with Crippen molar-refractivity contribution in [1.29, 1.82) is 0 Å². The van der Waals surface area contributed by atoms with E-state index in [4.69, 9.17) is 11.6 Å². The molecule has 8 heteroatoms. The quantitative estimate of drug-likeness (QED) is 0.449. The molecule has 3 aromatic carbocycles. The Morgan fingerprint density at radius 1 is 0.733 bits per heavy atom. The summed E-state index contributed by atoms with van der Waals surface area (Å²) in [4.78, 5) is 24.2. The summed E-state index contributed by atoms with van der Waals surface area (Å²) in [6.45, 7) is 0. The molecule has 0 bridgehead atoms. The molecule has 0 aliphatic heterocycles. The molecule has 1 aromatic heterocycles. The average Bonchev–Trinajstić information content (AvgIpc) is 3.02. The third-order valence-electron chi connectivity index (χ3n) is 4.51. The Balaban J connectivity index is 1.57. The Labute approximate surface area is 175 Å². The van der Waals surface area contributed by atoms with E-state index in [9.17, 15) is 19.8 Å². The topological polar surface area (TPSA) is 104 Å². The Hall–Kier alpha value is -3.97. The normalized spacial score (nSPS) is 11.2. The lowest BCUT2D eigenvalue weighted by Gasteiger charge is -2.07. The molecule has 0 aliphatic carbocycles. The highest BCUT2D eigenvalue weighted by atomic mass is 35.5. The molecule has 0 atom stereocenters. The number of amides is 2. The van der Waals surface area contributed by atoms with Gasteiger partial charge in [-0.25, -0.2) is 0 Å². The van der Waals surface area contributed by atoms with Crippen LogP contribution in [0, 0.1) is 0 Å². The van der Waals surface area contributed by atoms with Crippen LogP contribution < -0.4 is 0 Å². The fraction of sp³-hybridized carbons (Fsp3) is 0. The molecule has 30 heavy (non-hydrogen) atoms. The predicted octanol–water partition coefficient (Wildman–Crippen LogP) is 5.13. The van der Waals surface area contributed by atoms with Crippen LogP contribution in [0.15, 0.2) is 83.0 Å². The highest BCUT2D eigenvalue weighted by molar-refractivity contribution is 6.31. The van der Waals surface area contributed by atoms with E-state index < -0.39 is 11.8 Å². The van der Waals surface area contributed by atoms with E-state index in [1.165, 1.54) is 28.8 Å². The van der Waals surface area contributed by atoms with Gasteiger partial charge in [0.15, 0.2) is 0 Å². The first kappa shape index (κ1) is 19.4.